The van der Waals surface area contributed by atoms with Crippen LogP contribution >= 0.6 is 38.5 Å². The van der Waals surface area contributed by atoms with Crippen LogP contribution in [0.3, 0.4) is 0 Å². The molecule has 3 aromatic rings. The number of carbonyl (C=O) groups is 1. The molecule has 0 spiro atoms. The Hall–Kier alpha value is -2.14. The minimum Gasteiger partial charge on any atom is -0.490 e. The van der Waals surface area contributed by atoms with E-state index in [1.54, 1.807) is 4.68 Å². The quantitative estimate of drug-likeness (QED) is 0.441. The first-order valence-corrected chi connectivity index (χ1v) is 10.9. The molecular weight excluding hydrogens is 551 g/mol. The van der Waals surface area contributed by atoms with Gasteiger partial charge in [0, 0.05) is 4.47 Å². The lowest BCUT2D eigenvalue weighted by molar-refractivity contribution is -0.117. The Morgan fingerprint density at radius 2 is 2.07 bits per heavy atom. The van der Waals surface area contributed by atoms with Gasteiger partial charge >= 0.3 is 0 Å². The molecule has 7 nitrogen and oxygen atoms in total. The monoisotopic (exact) mass is 568 g/mol. The first-order valence-electron chi connectivity index (χ1n) is 9.08. The third kappa shape index (κ3) is 4.40. The highest BCUT2D eigenvalue weighted by Gasteiger charge is 2.29. The van der Waals surface area contributed by atoms with Crippen molar-refractivity contribution in [1.82, 2.24) is 14.8 Å². The van der Waals surface area contributed by atoms with Gasteiger partial charge in [-0.25, -0.2) is 4.68 Å². The maximum Gasteiger partial charge on any atom is 0.229 e. The molecule has 1 aliphatic rings. The van der Waals surface area contributed by atoms with Gasteiger partial charge in [0.2, 0.25) is 11.9 Å². The van der Waals surface area contributed by atoms with E-state index >= 15 is 0 Å². The molecule has 0 bridgehead atoms. The average Bonchev–Trinajstić information content (AvgIpc) is 3.16. The molecule has 1 amide bonds. The second kappa shape index (κ2) is 8.70. The Morgan fingerprint density at radius 3 is 2.83 bits per heavy atom. The highest BCUT2D eigenvalue weighted by molar-refractivity contribution is 14.1. The van der Waals surface area contributed by atoms with E-state index in [0.29, 0.717) is 30.7 Å². The van der Waals surface area contributed by atoms with Crippen LogP contribution < -0.4 is 14.8 Å². The molecule has 0 saturated carbocycles. The molecule has 9 heteroatoms. The van der Waals surface area contributed by atoms with Crippen LogP contribution in [0, 0.1) is 3.57 Å². The number of nitrogens with zero attached hydrogens (tertiary/aromatic N) is 3. The number of ether oxygens (including phenoxy) is 2. The minimum absolute atomic E-state index is 0.0842. The smallest absolute Gasteiger partial charge is 0.229 e. The van der Waals surface area contributed by atoms with Crippen molar-refractivity contribution in [3.8, 4) is 11.5 Å². The van der Waals surface area contributed by atoms with Gasteiger partial charge in [0.1, 0.15) is 12.9 Å². The number of amides is 1. The first kappa shape index (κ1) is 20.1. The normalized spacial score (nSPS) is 15.6. The van der Waals surface area contributed by atoms with Crippen molar-refractivity contribution in [2.75, 3.05) is 11.9 Å². The van der Waals surface area contributed by atoms with Crippen LogP contribution in [0.1, 0.15) is 30.5 Å². The van der Waals surface area contributed by atoms with Crippen molar-refractivity contribution in [1.29, 1.82) is 0 Å². The fourth-order valence-electron chi connectivity index (χ4n) is 3.18. The number of hydrogen-bond acceptors (Lipinski definition) is 5. The van der Waals surface area contributed by atoms with Gasteiger partial charge in [-0.2, -0.15) is 10.1 Å². The van der Waals surface area contributed by atoms with E-state index in [4.69, 9.17) is 9.47 Å². The summed E-state index contributed by atoms with van der Waals surface area (Å²) < 4.78 is 15.6. The Kier molecular flexibility index (Phi) is 6.04. The lowest BCUT2D eigenvalue weighted by atomic mass is 10.0. The summed E-state index contributed by atoms with van der Waals surface area (Å²) in [7, 11) is 0. The van der Waals surface area contributed by atoms with E-state index in [2.05, 4.69) is 53.9 Å². The summed E-state index contributed by atoms with van der Waals surface area (Å²) in [6.45, 7) is 2.87. The maximum absolute atomic E-state index is 12.1. The summed E-state index contributed by atoms with van der Waals surface area (Å²) in [5.41, 5.74) is 1.99. The average molecular weight is 569 g/mol. The molecule has 150 valence electrons. The molecule has 4 rings (SSSR count). The van der Waals surface area contributed by atoms with Crippen LogP contribution in [-0.2, 0) is 11.4 Å². The number of anilines is 1. The number of carbonyl (C=O) groups excluding carboxylic acids is 1. The van der Waals surface area contributed by atoms with Gasteiger partial charge in [-0.05, 0) is 64.9 Å². The molecule has 1 aliphatic heterocycles. The van der Waals surface area contributed by atoms with E-state index in [0.717, 1.165) is 19.2 Å². The maximum atomic E-state index is 12.1. The van der Waals surface area contributed by atoms with Crippen molar-refractivity contribution in [3.63, 3.8) is 0 Å². The summed E-state index contributed by atoms with van der Waals surface area (Å²) in [5, 5.41) is 7.01. The van der Waals surface area contributed by atoms with Crippen LogP contribution in [0.2, 0.25) is 0 Å². The standard InChI is InChI=1S/C20H18BrIN4O3/c1-2-28-17-8-13(16-9-18(27)25-20-23-11-24-26(16)20)7-15(22)19(17)29-10-12-3-5-14(21)6-4-12/h3-8,11,16H,2,9-10H2,1H3,(H,23,24,25,27)/t16-/m1/s1. The third-order valence-electron chi connectivity index (χ3n) is 4.51. The molecule has 0 aliphatic carbocycles. The lowest BCUT2D eigenvalue weighted by Crippen LogP contribution is -2.29. The number of benzene rings is 2. The molecule has 0 fully saturated rings. The van der Waals surface area contributed by atoms with Crippen LogP contribution in [0.25, 0.3) is 0 Å². The van der Waals surface area contributed by atoms with Crippen LogP contribution in [-0.4, -0.2) is 27.3 Å². The molecule has 0 unspecified atom stereocenters. The summed E-state index contributed by atoms with van der Waals surface area (Å²) >= 11 is 5.68. The Balaban J connectivity index is 1.65. The molecule has 0 saturated heterocycles. The highest BCUT2D eigenvalue weighted by Crippen LogP contribution is 2.39. The number of fused-ring (bicyclic) bond motifs is 1. The van der Waals surface area contributed by atoms with E-state index in [9.17, 15) is 4.79 Å². The summed E-state index contributed by atoms with van der Waals surface area (Å²) in [4.78, 5) is 16.2. The predicted octanol–water partition coefficient (Wildman–Crippen LogP) is 4.55. The zero-order chi connectivity index (χ0) is 20.4. The fourth-order valence-corrected chi connectivity index (χ4v) is 4.23. The Labute approximate surface area is 190 Å². The van der Waals surface area contributed by atoms with Gasteiger partial charge in [0.15, 0.2) is 11.5 Å². The molecule has 29 heavy (non-hydrogen) atoms. The molecular formula is C20H18BrIN4O3. The van der Waals surface area contributed by atoms with Crippen LogP contribution in [0.5, 0.6) is 11.5 Å². The zero-order valence-electron chi connectivity index (χ0n) is 15.6. The molecule has 1 N–H and O–H groups in total. The van der Waals surface area contributed by atoms with Gasteiger partial charge in [0.25, 0.3) is 0 Å². The molecule has 0 radical (unpaired) electrons. The number of nitrogens with one attached hydrogen (secondary N) is 1. The van der Waals surface area contributed by atoms with Gasteiger partial charge in [-0.3, -0.25) is 10.1 Å². The SMILES string of the molecule is CCOc1cc([C@H]2CC(=O)Nc3ncnn32)cc(I)c1OCc1ccc(Br)cc1. The summed E-state index contributed by atoms with van der Waals surface area (Å²) in [6, 6.07) is 11.7. The second-order valence-corrected chi connectivity index (χ2v) is 8.55. The summed E-state index contributed by atoms with van der Waals surface area (Å²) in [6.07, 6.45) is 1.73. The zero-order valence-corrected chi connectivity index (χ0v) is 19.3. The molecule has 2 heterocycles. The first-order chi connectivity index (χ1) is 14.0. The summed E-state index contributed by atoms with van der Waals surface area (Å²) in [5.74, 6) is 1.71. The number of rotatable bonds is 6. The third-order valence-corrected chi connectivity index (χ3v) is 5.84. The second-order valence-electron chi connectivity index (χ2n) is 6.47. The van der Waals surface area contributed by atoms with Crippen molar-refractivity contribution >= 4 is 50.4 Å². The van der Waals surface area contributed by atoms with Gasteiger partial charge < -0.3 is 9.47 Å². The molecule has 1 atom stereocenters. The minimum atomic E-state index is -0.241. The van der Waals surface area contributed by atoms with Gasteiger partial charge in [0.05, 0.1) is 22.6 Å². The van der Waals surface area contributed by atoms with E-state index in [-0.39, 0.29) is 18.4 Å². The largest absolute Gasteiger partial charge is 0.490 e. The predicted molar refractivity (Wildman–Crippen MR) is 120 cm³/mol. The van der Waals surface area contributed by atoms with Crippen LogP contribution in [0.4, 0.5) is 5.95 Å². The van der Waals surface area contributed by atoms with Crippen molar-refractivity contribution in [2.24, 2.45) is 0 Å². The van der Waals surface area contributed by atoms with E-state index in [1.807, 2.05) is 43.3 Å². The highest BCUT2D eigenvalue weighted by atomic mass is 127. The van der Waals surface area contributed by atoms with Crippen LogP contribution in [0.15, 0.2) is 47.2 Å². The van der Waals surface area contributed by atoms with Crippen molar-refractivity contribution < 1.29 is 14.3 Å². The number of halogens is 2. The van der Waals surface area contributed by atoms with Gasteiger partial charge in [-0.15, -0.1) is 0 Å². The van der Waals surface area contributed by atoms with Crippen molar-refractivity contribution in [2.45, 2.75) is 26.0 Å². The molecule has 1 aromatic heterocycles. The Morgan fingerprint density at radius 1 is 1.28 bits per heavy atom. The lowest BCUT2D eigenvalue weighted by Gasteiger charge is -2.25. The van der Waals surface area contributed by atoms with E-state index < -0.39 is 0 Å². The Bertz CT molecular complexity index is 1040. The van der Waals surface area contributed by atoms with Crippen molar-refractivity contribution in [3.05, 3.63) is 61.9 Å². The number of hydrogen-bond donors (Lipinski definition) is 1. The topological polar surface area (TPSA) is 78.3 Å². The van der Waals surface area contributed by atoms with E-state index in [1.165, 1.54) is 6.33 Å². The fraction of sp³-hybridized carbons (Fsp3) is 0.250. The molecule has 2 aromatic carbocycles. The van der Waals surface area contributed by atoms with Gasteiger partial charge in [-0.1, -0.05) is 28.1 Å². The number of aromatic nitrogens is 3.